The van der Waals surface area contributed by atoms with Crippen LogP contribution < -0.4 is 15.4 Å². The van der Waals surface area contributed by atoms with Crippen LogP contribution >= 0.6 is 0 Å². The van der Waals surface area contributed by atoms with Crippen LogP contribution in [0.3, 0.4) is 0 Å². The number of aryl methyl sites for hydroxylation is 1. The summed E-state index contributed by atoms with van der Waals surface area (Å²) in [6, 6.07) is 27.0. The summed E-state index contributed by atoms with van der Waals surface area (Å²) < 4.78 is 5.78. The first-order valence-corrected chi connectivity index (χ1v) is 10.5. The van der Waals surface area contributed by atoms with Crippen molar-refractivity contribution >= 4 is 23.2 Å². The quantitative estimate of drug-likeness (QED) is 0.402. The Balaban J connectivity index is 1.43. The number of hydrogen-bond acceptors (Lipinski definition) is 4. The summed E-state index contributed by atoms with van der Waals surface area (Å²) in [4.78, 5) is 29.6. The van der Waals surface area contributed by atoms with Gasteiger partial charge in [-0.15, -0.1) is 0 Å². The Hall–Kier alpha value is -4.45. The monoisotopic (exact) mass is 437 g/mol. The van der Waals surface area contributed by atoms with Crippen LogP contribution in [-0.4, -0.2) is 16.8 Å². The summed E-state index contributed by atoms with van der Waals surface area (Å²) >= 11 is 0. The molecule has 0 fully saturated rings. The third kappa shape index (κ3) is 5.83. The minimum Gasteiger partial charge on any atom is -0.487 e. The maximum atomic E-state index is 12.8. The van der Waals surface area contributed by atoms with Crippen LogP contribution in [0.5, 0.6) is 5.75 Å². The molecule has 33 heavy (non-hydrogen) atoms. The molecule has 1 heterocycles. The predicted octanol–water partition coefficient (Wildman–Crippen LogP) is 5.47. The number of hydrogen-bond donors (Lipinski definition) is 2. The van der Waals surface area contributed by atoms with E-state index in [1.165, 1.54) is 0 Å². The van der Waals surface area contributed by atoms with Crippen LogP contribution in [-0.2, 0) is 6.61 Å². The molecule has 1 aromatic heterocycles. The van der Waals surface area contributed by atoms with Gasteiger partial charge in [-0.25, -0.2) is 0 Å². The van der Waals surface area contributed by atoms with Crippen molar-refractivity contribution in [2.24, 2.45) is 0 Å². The molecule has 4 aromatic rings. The fourth-order valence-corrected chi connectivity index (χ4v) is 3.19. The topological polar surface area (TPSA) is 80.3 Å². The zero-order valence-corrected chi connectivity index (χ0v) is 18.1. The van der Waals surface area contributed by atoms with E-state index in [9.17, 15) is 9.59 Å². The van der Waals surface area contributed by atoms with Gasteiger partial charge in [0.25, 0.3) is 11.8 Å². The Morgan fingerprint density at radius 1 is 0.788 bits per heavy atom. The standard InChI is InChI=1S/C27H23N3O3/c1-19-13-14-21(16-25(19)30-26(31)20-8-3-2-4-9-20)27(32)29-22-11-7-12-24(17-22)33-18-23-10-5-6-15-28-23/h2-17H,18H2,1H3,(H,29,32)(H,30,31). The summed E-state index contributed by atoms with van der Waals surface area (Å²) in [5.74, 6) is 0.110. The number of nitrogens with one attached hydrogen (secondary N) is 2. The number of anilines is 2. The Labute approximate surface area is 192 Å². The minimum atomic E-state index is -0.285. The Morgan fingerprint density at radius 2 is 1.58 bits per heavy atom. The van der Waals surface area contributed by atoms with Crippen molar-refractivity contribution in [1.82, 2.24) is 4.98 Å². The Bertz CT molecular complexity index is 1260. The number of carbonyl (C=O) groups is 2. The second kappa shape index (κ2) is 10.2. The molecule has 0 atom stereocenters. The fraction of sp³-hybridized carbons (Fsp3) is 0.0741. The highest BCUT2D eigenvalue weighted by Crippen LogP contribution is 2.22. The molecular formula is C27H23N3O3. The van der Waals surface area contributed by atoms with E-state index < -0.39 is 0 Å². The highest BCUT2D eigenvalue weighted by atomic mass is 16.5. The van der Waals surface area contributed by atoms with Crippen molar-refractivity contribution in [1.29, 1.82) is 0 Å². The molecule has 0 saturated carbocycles. The molecule has 6 heteroatoms. The van der Waals surface area contributed by atoms with Crippen LogP contribution in [0.2, 0.25) is 0 Å². The summed E-state index contributed by atoms with van der Waals surface area (Å²) in [6.07, 6.45) is 1.72. The number of aromatic nitrogens is 1. The van der Waals surface area contributed by atoms with E-state index >= 15 is 0 Å². The van der Waals surface area contributed by atoms with Gasteiger partial charge in [-0.1, -0.05) is 36.4 Å². The molecule has 0 aliphatic rings. The highest BCUT2D eigenvalue weighted by molar-refractivity contribution is 6.07. The molecule has 0 aliphatic heterocycles. The number of pyridine rings is 1. The lowest BCUT2D eigenvalue weighted by atomic mass is 10.1. The zero-order valence-electron chi connectivity index (χ0n) is 18.1. The average Bonchev–Trinajstić information content (AvgIpc) is 2.85. The van der Waals surface area contributed by atoms with Gasteiger partial charge in [0, 0.05) is 34.8 Å². The van der Waals surface area contributed by atoms with Gasteiger partial charge < -0.3 is 15.4 Å². The molecule has 2 N–H and O–H groups in total. The van der Waals surface area contributed by atoms with Gasteiger partial charge >= 0.3 is 0 Å². The van der Waals surface area contributed by atoms with E-state index in [-0.39, 0.29) is 11.8 Å². The molecule has 0 saturated heterocycles. The first kappa shape index (κ1) is 21.8. The van der Waals surface area contributed by atoms with Gasteiger partial charge in [-0.3, -0.25) is 14.6 Å². The maximum absolute atomic E-state index is 12.8. The van der Waals surface area contributed by atoms with E-state index in [2.05, 4.69) is 15.6 Å². The van der Waals surface area contributed by atoms with Crippen molar-refractivity contribution < 1.29 is 14.3 Å². The number of carbonyl (C=O) groups excluding carboxylic acids is 2. The van der Waals surface area contributed by atoms with E-state index in [0.29, 0.717) is 34.9 Å². The van der Waals surface area contributed by atoms with Crippen molar-refractivity contribution in [2.45, 2.75) is 13.5 Å². The molecule has 0 radical (unpaired) electrons. The largest absolute Gasteiger partial charge is 0.487 e. The number of rotatable bonds is 7. The molecule has 0 unspecified atom stereocenters. The van der Waals surface area contributed by atoms with E-state index in [1.807, 2.05) is 49.4 Å². The minimum absolute atomic E-state index is 0.228. The molecule has 164 valence electrons. The number of ether oxygens (including phenoxy) is 1. The summed E-state index contributed by atoms with van der Waals surface area (Å²) in [5, 5.41) is 5.76. The van der Waals surface area contributed by atoms with Crippen LogP contribution in [0.1, 0.15) is 32.0 Å². The van der Waals surface area contributed by atoms with Crippen LogP contribution in [0.25, 0.3) is 0 Å². The van der Waals surface area contributed by atoms with Gasteiger partial charge in [-0.05, 0) is 61.0 Å². The molecule has 0 spiro atoms. The average molecular weight is 437 g/mol. The lowest BCUT2D eigenvalue weighted by Gasteiger charge is -2.12. The third-order valence-electron chi connectivity index (χ3n) is 4.99. The second-order valence-electron chi connectivity index (χ2n) is 7.44. The van der Waals surface area contributed by atoms with Crippen molar-refractivity contribution in [3.8, 4) is 5.75 Å². The first-order valence-electron chi connectivity index (χ1n) is 10.5. The fourth-order valence-electron chi connectivity index (χ4n) is 3.19. The predicted molar refractivity (Wildman–Crippen MR) is 129 cm³/mol. The van der Waals surface area contributed by atoms with Crippen LogP contribution in [0.15, 0.2) is 97.2 Å². The van der Waals surface area contributed by atoms with Gasteiger partial charge in [0.1, 0.15) is 12.4 Å². The van der Waals surface area contributed by atoms with Crippen LogP contribution in [0, 0.1) is 6.92 Å². The molecule has 6 nitrogen and oxygen atoms in total. The zero-order chi connectivity index (χ0) is 23.0. The van der Waals surface area contributed by atoms with Gasteiger partial charge in [-0.2, -0.15) is 0 Å². The smallest absolute Gasteiger partial charge is 0.255 e. The molecular weight excluding hydrogens is 414 g/mol. The van der Waals surface area contributed by atoms with E-state index in [1.54, 1.807) is 54.7 Å². The van der Waals surface area contributed by atoms with Crippen molar-refractivity contribution in [2.75, 3.05) is 10.6 Å². The van der Waals surface area contributed by atoms with Crippen molar-refractivity contribution in [3.05, 3.63) is 120 Å². The van der Waals surface area contributed by atoms with E-state index in [4.69, 9.17) is 4.74 Å². The normalized spacial score (nSPS) is 10.3. The maximum Gasteiger partial charge on any atom is 0.255 e. The van der Waals surface area contributed by atoms with E-state index in [0.717, 1.165) is 11.3 Å². The third-order valence-corrected chi connectivity index (χ3v) is 4.99. The molecule has 0 bridgehead atoms. The summed E-state index contributed by atoms with van der Waals surface area (Å²) in [7, 11) is 0. The molecule has 0 aliphatic carbocycles. The van der Waals surface area contributed by atoms with Gasteiger partial charge in [0.05, 0.1) is 5.69 Å². The van der Waals surface area contributed by atoms with Crippen LogP contribution in [0.4, 0.5) is 11.4 Å². The van der Waals surface area contributed by atoms with Gasteiger partial charge in [0.2, 0.25) is 0 Å². The Morgan fingerprint density at radius 3 is 2.36 bits per heavy atom. The summed E-state index contributed by atoms with van der Waals surface area (Å²) in [6.45, 7) is 2.21. The number of amides is 2. The molecule has 2 amide bonds. The lowest BCUT2D eigenvalue weighted by molar-refractivity contribution is 0.101. The molecule has 3 aromatic carbocycles. The number of benzene rings is 3. The summed E-state index contributed by atoms with van der Waals surface area (Å²) in [5.41, 5.74) is 3.85. The first-order chi connectivity index (χ1) is 16.1. The SMILES string of the molecule is Cc1ccc(C(=O)Nc2cccc(OCc3ccccn3)c2)cc1NC(=O)c1ccccc1. The Kier molecular flexibility index (Phi) is 6.75. The highest BCUT2D eigenvalue weighted by Gasteiger charge is 2.12. The lowest BCUT2D eigenvalue weighted by Crippen LogP contribution is -2.15. The molecule has 4 rings (SSSR count). The van der Waals surface area contributed by atoms with Crippen molar-refractivity contribution in [3.63, 3.8) is 0 Å². The van der Waals surface area contributed by atoms with Gasteiger partial charge in [0.15, 0.2) is 0 Å². The second-order valence-corrected chi connectivity index (χ2v) is 7.44. The number of nitrogens with zero attached hydrogens (tertiary/aromatic N) is 1.